The van der Waals surface area contributed by atoms with Gasteiger partial charge in [-0.05, 0) is 46.5 Å². The molecular weight excluding hydrogens is 555 g/mol. The molecule has 44 heavy (non-hydrogen) atoms. The minimum Gasteiger partial charge on any atom is -0.277 e. The van der Waals surface area contributed by atoms with Crippen LogP contribution in [-0.4, -0.2) is 14.5 Å². The second-order valence-corrected chi connectivity index (χ2v) is 12.5. The summed E-state index contributed by atoms with van der Waals surface area (Å²) in [5.74, 6) is 0.681. The lowest BCUT2D eigenvalue weighted by molar-refractivity contribution is 1.02. The molecule has 0 spiro atoms. The first-order chi connectivity index (χ1) is 21.8. The van der Waals surface area contributed by atoms with E-state index < -0.39 is 0 Å². The van der Waals surface area contributed by atoms with E-state index in [-0.39, 0.29) is 0 Å². The van der Waals surface area contributed by atoms with E-state index in [0.29, 0.717) is 5.95 Å². The highest BCUT2D eigenvalue weighted by Gasteiger charge is 2.20. The zero-order valence-electron chi connectivity index (χ0n) is 23.5. The third-order valence-corrected chi connectivity index (χ3v) is 10.1. The Morgan fingerprint density at radius 3 is 2.14 bits per heavy atom. The fourth-order valence-electron chi connectivity index (χ4n) is 7.01. The standard InChI is InChI=1S/C40H23N3S/c1-2-11-25(12-3-1)38-37-27-13-5-4-10-24(27)19-21-33(37)41-40(42-38)43-34-16-8-6-14-28(34)30-20-18-26-22-36-32(23-31(26)39(30)43)29-15-7-9-17-35(29)44-36/h1-23H. The largest absolute Gasteiger partial charge is 0.277 e. The molecule has 0 saturated heterocycles. The molecule has 0 unspecified atom stereocenters. The Balaban J connectivity index is 1.39. The number of hydrogen-bond donors (Lipinski definition) is 0. The molecule has 0 aliphatic carbocycles. The maximum Gasteiger partial charge on any atom is 0.235 e. The zero-order valence-corrected chi connectivity index (χ0v) is 24.3. The monoisotopic (exact) mass is 577 g/mol. The van der Waals surface area contributed by atoms with Crippen molar-refractivity contribution in [1.29, 1.82) is 0 Å². The summed E-state index contributed by atoms with van der Waals surface area (Å²) in [6.45, 7) is 0. The molecule has 0 bridgehead atoms. The van der Waals surface area contributed by atoms with Crippen LogP contribution in [0.5, 0.6) is 0 Å². The number of thiophene rings is 1. The van der Waals surface area contributed by atoms with Gasteiger partial charge in [0.1, 0.15) is 0 Å². The van der Waals surface area contributed by atoms with Gasteiger partial charge in [0.25, 0.3) is 0 Å². The highest BCUT2D eigenvalue weighted by atomic mass is 32.1. The van der Waals surface area contributed by atoms with Gasteiger partial charge in [0.15, 0.2) is 0 Å². The number of fused-ring (bicyclic) bond motifs is 11. The first kappa shape index (κ1) is 23.9. The molecule has 0 aliphatic heterocycles. The Bertz CT molecular complexity index is 2770. The van der Waals surface area contributed by atoms with Crippen LogP contribution >= 0.6 is 11.3 Å². The first-order valence-electron chi connectivity index (χ1n) is 14.8. The number of aromatic nitrogens is 3. The van der Waals surface area contributed by atoms with Crippen LogP contribution in [-0.2, 0) is 0 Å². The Hall–Kier alpha value is -5.58. The number of nitrogens with zero attached hydrogens (tertiary/aromatic N) is 3. The Labute approximate surface area is 256 Å². The molecule has 0 aliphatic rings. The van der Waals surface area contributed by atoms with Crippen molar-refractivity contribution >= 4 is 85.8 Å². The molecule has 0 amide bonds. The van der Waals surface area contributed by atoms with Crippen molar-refractivity contribution in [3.63, 3.8) is 0 Å². The predicted molar refractivity (Wildman–Crippen MR) is 187 cm³/mol. The summed E-state index contributed by atoms with van der Waals surface area (Å²) in [5.41, 5.74) is 5.20. The van der Waals surface area contributed by atoms with Crippen LogP contribution in [0, 0.1) is 0 Å². The molecule has 0 N–H and O–H groups in total. The van der Waals surface area contributed by atoms with Crippen LogP contribution in [0.25, 0.3) is 91.6 Å². The Kier molecular flexibility index (Phi) is 4.87. The third kappa shape index (κ3) is 3.31. The van der Waals surface area contributed by atoms with E-state index in [1.54, 1.807) is 0 Å². The molecule has 0 saturated carbocycles. The van der Waals surface area contributed by atoms with Crippen molar-refractivity contribution in [2.45, 2.75) is 0 Å². The number of benzene rings is 7. The average Bonchev–Trinajstić information content (AvgIpc) is 3.62. The molecule has 3 nitrogen and oxygen atoms in total. The number of rotatable bonds is 2. The summed E-state index contributed by atoms with van der Waals surface area (Å²) in [6, 6.07) is 49.9. The lowest BCUT2D eigenvalue weighted by atomic mass is 10.0. The molecule has 0 atom stereocenters. The number of para-hydroxylation sites is 1. The molecule has 3 aromatic heterocycles. The fraction of sp³-hybridized carbons (Fsp3) is 0. The van der Waals surface area contributed by atoms with Crippen LogP contribution in [0.1, 0.15) is 0 Å². The van der Waals surface area contributed by atoms with Crippen LogP contribution in [0.2, 0.25) is 0 Å². The van der Waals surface area contributed by atoms with Gasteiger partial charge in [-0.25, -0.2) is 9.97 Å². The maximum absolute atomic E-state index is 5.43. The van der Waals surface area contributed by atoms with E-state index in [0.717, 1.165) is 38.6 Å². The third-order valence-electron chi connectivity index (χ3n) is 8.97. The molecular formula is C40H23N3S. The molecule has 0 radical (unpaired) electrons. The topological polar surface area (TPSA) is 30.7 Å². The van der Waals surface area contributed by atoms with Gasteiger partial charge in [-0.1, -0.05) is 109 Å². The zero-order chi connectivity index (χ0) is 28.8. The van der Waals surface area contributed by atoms with Gasteiger partial charge in [0.05, 0.1) is 22.2 Å². The highest BCUT2D eigenvalue weighted by Crippen LogP contribution is 2.42. The average molecular weight is 578 g/mol. The minimum absolute atomic E-state index is 0.681. The predicted octanol–water partition coefficient (Wildman–Crippen LogP) is 11.1. The van der Waals surface area contributed by atoms with Gasteiger partial charge in [-0.3, -0.25) is 4.57 Å². The molecule has 10 aromatic rings. The van der Waals surface area contributed by atoms with E-state index in [4.69, 9.17) is 9.97 Å². The van der Waals surface area contributed by atoms with Crippen LogP contribution in [0.4, 0.5) is 0 Å². The van der Waals surface area contributed by atoms with Crippen LogP contribution in [0.3, 0.4) is 0 Å². The Morgan fingerprint density at radius 2 is 1.23 bits per heavy atom. The quantitative estimate of drug-likeness (QED) is 0.191. The molecule has 4 heteroatoms. The lowest BCUT2D eigenvalue weighted by Crippen LogP contribution is -2.04. The normalized spacial score (nSPS) is 12.1. The summed E-state index contributed by atoms with van der Waals surface area (Å²) < 4.78 is 4.90. The summed E-state index contributed by atoms with van der Waals surface area (Å²) in [5, 5.41) is 10.8. The van der Waals surface area contributed by atoms with Crippen molar-refractivity contribution in [2.24, 2.45) is 0 Å². The lowest BCUT2D eigenvalue weighted by Gasteiger charge is -2.14. The molecule has 7 aromatic carbocycles. The van der Waals surface area contributed by atoms with Gasteiger partial charge in [0, 0.05) is 47.3 Å². The van der Waals surface area contributed by atoms with E-state index in [1.165, 1.54) is 47.1 Å². The van der Waals surface area contributed by atoms with Crippen molar-refractivity contribution in [2.75, 3.05) is 0 Å². The van der Waals surface area contributed by atoms with Gasteiger partial charge >= 0.3 is 0 Å². The second-order valence-electron chi connectivity index (χ2n) is 11.4. The molecule has 10 rings (SSSR count). The van der Waals surface area contributed by atoms with Gasteiger partial charge in [-0.2, -0.15) is 0 Å². The molecule has 0 fully saturated rings. The van der Waals surface area contributed by atoms with Crippen molar-refractivity contribution < 1.29 is 0 Å². The van der Waals surface area contributed by atoms with Gasteiger partial charge in [0.2, 0.25) is 5.95 Å². The summed E-state index contributed by atoms with van der Waals surface area (Å²) in [6.07, 6.45) is 0. The Morgan fingerprint density at radius 1 is 0.477 bits per heavy atom. The molecule has 204 valence electrons. The second kappa shape index (κ2) is 8.96. The van der Waals surface area contributed by atoms with Crippen molar-refractivity contribution in [3.8, 4) is 17.2 Å². The van der Waals surface area contributed by atoms with E-state index >= 15 is 0 Å². The van der Waals surface area contributed by atoms with Crippen LogP contribution in [0.15, 0.2) is 140 Å². The summed E-state index contributed by atoms with van der Waals surface area (Å²) in [4.78, 5) is 10.7. The summed E-state index contributed by atoms with van der Waals surface area (Å²) in [7, 11) is 0. The van der Waals surface area contributed by atoms with Crippen molar-refractivity contribution in [3.05, 3.63) is 140 Å². The molecule has 3 heterocycles. The smallest absolute Gasteiger partial charge is 0.235 e. The van der Waals surface area contributed by atoms with Crippen molar-refractivity contribution in [1.82, 2.24) is 14.5 Å². The minimum atomic E-state index is 0.681. The van der Waals surface area contributed by atoms with E-state index in [1.807, 2.05) is 11.3 Å². The highest BCUT2D eigenvalue weighted by molar-refractivity contribution is 7.25. The van der Waals surface area contributed by atoms with Gasteiger partial charge in [-0.15, -0.1) is 11.3 Å². The fourth-order valence-corrected chi connectivity index (χ4v) is 8.14. The van der Waals surface area contributed by atoms with E-state index in [2.05, 4.69) is 144 Å². The summed E-state index contributed by atoms with van der Waals surface area (Å²) >= 11 is 1.86. The van der Waals surface area contributed by atoms with E-state index in [9.17, 15) is 0 Å². The first-order valence-corrected chi connectivity index (χ1v) is 15.7. The van der Waals surface area contributed by atoms with Crippen LogP contribution < -0.4 is 0 Å². The van der Waals surface area contributed by atoms with Gasteiger partial charge < -0.3 is 0 Å². The SMILES string of the molecule is c1ccc(-c2nc(-n3c4ccccc4c4ccc5cc6sc7ccccc7c6cc5c43)nc3ccc4ccccc4c23)cc1. The number of hydrogen-bond acceptors (Lipinski definition) is 3. The maximum atomic E-state index is 5.43.